The Labute approximate surface area is 471 Å². The molecule has 7 aromatic heterocycles. The minimum Gasteiger partial charge on any atom is -0.455 e. The van der Waals surface area contributed by atoms with Crippen LogP contribution in [0.25, 0.3) is 43.4 Å². The Morgan fingerprint density at radius 2 is 1.45 bits per heavy atom. The van der Waals surface area contributed by atoms with E-state index in [0.717, 1.165) is 0 Å². The second-order valence-corrected chi connectivity index (χ2v) is 23.4. The molecule has 0 unspecified atom stereocenters. The molecule has 400 valence electrons. The van der Waals surface area contributed by atoms with E-state index >= 15 is 0 Å². The Bertz CT molecular complexity index is 3480. The highest BCUT2D eigenvalue weighted by Crippen LogP contribution is 2.41. The molecular weight excluding hydrogens is 1120 g/mol. The number of carbonyl (C=O) groups excluding carboxylic acids is 6. The zero-order valence-corrected chi connectivity index (χ0v) is 47.6. The zero-order valence-electron chi connectivity index (χ0n) is 41.9. The van der Waals surface area contributed by atoms with Gasteiger partial charge in [0.05, 0.1) is 41.2 Å². The number of hydrogen-bond donors (Lipinski definition) is 5. The largest absolute Gasteiger partial charge is 0.455 e. The van der Waals surface area contributed by atoms with E-state index in [0.29, 0.717) is 79.5 Å². The molecule has 1 aliphatic rings. The van der Waals surface area contributed by atoms with Crippen LogP contribution in [-0.4, -0.2) is 91.0 Å². The first kappa shape index (κ1) is 56.4. The van der Waals surface area contributed by atoms with Crippen LogP contribution in [0.2, 0.25) is 0 Å². The first-order valence-electron chi connectivity index (χ1n) is 23.5. The van der Waals surface area contributed by atoms with E-state index < -0.39 is 54.3 Å². The number of ether oxygens (including phenoxy) is 2. The molecule has 77 heavy (non-hydrogen) atoms. The van der Waals surface area contributed by atoms with E-state index in [9.17, 15) is 28.8 Å². The molecule has 0 aliphatic carbocycles. The van der Waals surface area contributed by atoms with Crippen molar-refractivity contribution in [3.8, 4) is 43.4 Å². The highest BCUT2D eigenvalue weighted by atomic mass is 35.5. The number of fused-ring (bicyclic) bond motifs is 14. The molecule has 10 bridgehead atoms. The summed E-state index contributed by atoms with van der Waals surface area (Å²) in [6.45, 7) is 6.46. The standard InChI is InChI=1S/C50H48N12O8S6.ClH/c1-22(2)27-14-33(64)38-23(3)75-49(61-38)29(15-36(65)52-5)55-43(67)31-19-71-45(57-31)26-12-13-28(47-59-35(51)21-74-47)54-39(26)30-18-72-48(56-30)32-20-73-50(58-32)41(42(70-24(4)63)25-10-8-7-9-11-25)60-37(66)16-53-44(68)40-34(17-69-6)76-46(27)62-40;/h7-13,18-22,27,29,41-42H,14-17,51H2,1-6H3,(H,52,65)(H,53,68)(H,55,67)(H,60,66);1H/t27-,29-,41-,42-;/m0./s1. The maximum Gasteiger partial charge on any atom is 0.303 e. The number of ketones is 1. The number of pyridine rings is 1. The molecule has 0 radical (unpaired) electrons. The van der Waals surface area contributed by atoms with Crippen molar-refractivity contribution in [2.24, 2.45) is 5.92 Å². The van der Waals surface area contributed by atoms with Gasteiger partial charge in [0.1, 0.15) is 71.1 Å². The van der Waals surface area contributed by atoms with Crippen molar-refractivity contribution in [1.29, 1.82) is 0 Å². The van der Waals surface area contributed by atoms with E-state index in [4.69, 9.17) is 45.1 Å². The van der Waals surface area contributed by atoms with Crippen molar-refractivity contribution in [3.05, 3.63) is 111 Å². The number of aromatic nitrogens is 7. The summed E-state index contributed by atoms with van der Waals surface area (Å²) in [7, 11) is 2.98. The number of thiazole rings is 6. The zero-order chi connectivity index (χ0) is 53.8. The number of nitrogens with one attached hydrogen (secondary N) is 4. The van der Waals surface area contributed by atoms with Gasteiger partial charge in [-0.25, -0.2) is 34.9 Å². The molecular formula is C50H49ClN12O8S6. The number of nitrogens with two attached hydrogens (primary N) is 1. The number of amides is 4. The number of hydrogen-bond acceptors (Lipinski definition) is 22. The number of benzene rings is 1. The number of anilines is 1. The van der Waals surface area contributed by atoms with Crippen LogP contribution in [0.15, 0.2) is 64.0 Å². The molecule has 0 spiro atoms. The van der Waals surface area contributed by atoms with Crippen LogP contribution in [0.3, 0.4) is 0 Å². The van der Waals surface area contributed by atoms with Gasteiger partial charge in [-0.2, -0.15) is 0 Å². The summed E-state index contributed by atoms with van der Waals surface area (Å²) >= 11 is 7.48. The molecule has 27 heteroatoms. The lowest BCUT2D eigenvalue weighted by atomic mass is 9.90. The summed E-state index contributed by atoms with van der Waals surface area (Å²) in [4.78, 5) is 117. The van der Waals surface area contributed by atoms with Crippen LogP contribution in [0.4, 0.5) is 5.82 Å². The van der Waals surface area contributed by atoms with Crippen molar-refractivity contribution in [3.63, 3.8) is 0 Å². The van der Waals surface area contributed by atoms with Crippen LogP contribution < -0.4 is 27.0 Å². The fourth-order valence-electron chi connectivity index (χ4n) is 8.15. The van der Waals surface area contributed by atoms with Gasteiger partial charge < -0.3 is 36.5 Å². The highest BCUT2D eigenvalue weighted by molar-refractivity contribution is 7.15. The second kappa shape index (κ2) is 24.7. The van der Waals surface area contributed by atoms with Gasteiger partial charge in [0.2, 0.25) is 11.8 Å². The second-order valence-electron chi connectivity index (χ2n) is 17.6. The van der Waals surface area contributed by atoms with Crippen LogP contribution in [0.1, 0.15) is 120 Å². The van der Waals surface area contributed by atoms with E-state index in [1.807, 2.05) is 31.4 Å². The summed E-state index contributed by atoms with van der Waals surface area (Å²) in [5, 5.41) is 20.9. The van der Waals surface area contributed by atoms with Crippen molar-refractivity contribution >= 4 is 122 Å². The van der Waals surface area contributed by atoms with Crippen molar-refractivity contribution in [2.45, 2.75) is 71.2 Å². The Hall–Kier alpha value is -6.78. The topological polar surface area (TPSA) is 285 Å². The summed E-state index contributed by atoms with van der Waals surface area (Å²) in [5.74, 6) is -3.35. The number of aryl methyl sites for hydroxylation is 1. The molecule has 8 aromatic rings. The number of carbonyl (C=O) groups is 6. The number of nitrogen functional groups attached to an aromatic ring is 1. The predicted molar refractivity (Wildman–Crippen MR) is 300 cm³/mol. The lowest BCUT2D eigenvalue weighted by Gasteiger charge is -2.26. The molecule has 1 aromatic carbocycles. The smallest absolute Gasteiger partial charge is 0.303 e. The lowest BCUT2D eigenvalue weighted by Crippen LogP contribution is -2.41. The third kappa shape index (κ3) is 12.8. The van der Waals surface area contributed by atoms with Gasteiger partial charge in [0.25, 0.3) is 11.8 Å². The van der Waals surface area contributed by atoms with E-state index in [1.165, 1.54) is 89.1 Å². The predicted octanol–water partition coefficient (Wildman–Crippen LogP) is 8.77. The molecule has 0 fully saturated rings. The summed E-state index contributed by atoms with van der Waals surface area (Å²) < 4.78 is 11.4. The summed E-state index contributed by atoms with van der Waals surface area (Å²) in [6.07, 6.45) is -1.24. The number of halogens is 1. The Morgan fingerprint density at radius 3 is 2.17 bits per heavy atom. The van der Waals surface area contributed by atoms with E-state index in [2.05, 4.69) is 26.3 Å². The van der Waals surface area contributed by atoms with Gasteiger partial charge in [-0.05, 0) is 30.5 Å². The quantitative estimate of drug-likeness (QED) is 0.0844. The molecule has 9 rings (SSSR count). The average Bonchev–Trinajstić information content (AvgIpc) is 4.28. The molecule has 20 nitrogen and oxygen atoms in total. The number of esters is 1. The minimum absolute atomic E-state index is 0. The van der Waals surface area contributed by atoms with E-state index in [1.54, 1.807) is 53.4 Å². The Kier molecular flexibility index (Phi) is 18.1. The number of nitrogens with zero attached hydrogens (tertiary/aromatic N) is 7. The Balaban J connectivity index is 0.00000784. The average molecular weight is 1170 g/mol. The first-order valence-corrected chi connectivity index (χ1v) is 28.6. The fraction of sp³-hybridized carbons (Fsp3) is 0.300. The molecule has 4 atom stereocenters. The van der Waals surface area contributed by atoms with Gasteiger partial charge in [0, 0.05) is 65.4 Å². The molecule has 4 amide bonds. The molecule has 6 N–H and O–H groups in total. The minimum atomic E-state index is -1.04. The summed E-state index contributed by atoms with van der Waals surface area (Å²) in [6, 6.07) is 10.6. The number of Topliss-reactive ketones (excluding diaryl/α,β-unsaturated/α-hetero) is 1. The maximum absolute atomic E-state index is 14.3. The van der Waals surface area contributed by atoms with Crippen LogP contribution in [0.5, 0.6) is 0 Å². The van der Waals surface area contributed by atoms with Gasteiger partial charge in [-0.3, -0.25) is 28.8 Å². The SMILES string of the molecule is CNC(=O)C[C@@H]1NC(=O)c2csc(n2)-c2ccc(-c3nc(N)cs3)nc2-c2csc(n2)-c2csc(n2)[C@H]([C@@H](OC(C)=O)c2ccccc2)NC(=O)CNC(=O)c2nc(sc2COC)[C@H](C(C)C)CC(=O)c2nc1sc2C.Cl. The lowest BCUT2D eigenvalue weighted by molar-refractivity contribution is -0.149. The molecule has 0 saturated carbocycles. The third-order valence-electron chi connectivity index (χ3n) is 11.9. The van der Waals surface area contributed by atoms with Gasteiger partial charge >= 0.3 is 5.97 Å². The van der Waals surface area contributed by atoms with Gasteiger partial charge in [0.15, 0.2) is 11.9 Å². The van der Waals surface area contributed by atoms with Crippen molar-refractivity contribution in [1.82, 2.24) is 56.2 Å². The third-order valence-corrected chi connectivity index (χ3v) is 17.7. The first-order chi connectivity index (χ1) is 36.6. The van der Waals surface area contributed by atoms with Crippen molar-refractivity contribution in [2.75, 3.05) is 26.4 Å². The normalized spacial score (nSPS) is 16.6. The van der Waals surface area contributed by atoms with Crippen LogP contribution in [0, 0.1) is 12.8 Å². The number of rotatable bonds is 9. The van der Waals surface area contributed by atoms with Gasteiger partial charge in [-0.15, -0.1) is 80.4 Å². The van der Waals surface area contributed by atoms with Gasteiger partial charge in [-0.1, -0.05) is 44.2 Å². The monoisotopic (exact) mass is 1170 g/mol. The maximum atomic E-state index is 14.3. The Morgan fingerprint density at radius 1 is 0.753 bits per heavy atom. The van der Waals surface area contributed by atoms with Crippen LogP contribution >= 0.6 is 80.4 Å². The summed E-state index contributed by atoms with van der Waals surface area (Å²) in [5.41, 5.74) is 9.32. The van der Waals surface area contributed by atoms with E-state index in [-0.39, 0.29) is 66.5 Å². The highest BCUT2D eigenvalue weighted by Gasteiger charge is 2.34. The molecule has 1 aliphatic heterocycles. The van der Waals surface area contributed by atoms with Crippen molar-refractivity contribution < 1.29 is 38.2 Å². The number of methoxy groups -OCH3 is 1. The van der Waals surface area contributed by atoms with Crippen LogP contribution in [-0.2, 0) is 30.5 Å². The molecule has 0 saturated heterocycles. The molecule has 8 heterocycles. The fourth-order valence-corrected chi connectivity index (χ4v) is 13.7.